The molecule has 1 amide bonds. The van der Waals surface area contributed by atoms with Gasteiger partial charge in [0.05, 0.1) is 12.1 Å². The van der Waals surface area contributed by atoms with Crippen LogP contribution in [0.15, 0.2) is 18.3 Å². The fourth-order valence-electron chi connectivity index (χ4n) is 2.20. The Labute approximate surface area is 141 Å². The summed E-state index contributed by atoms with van der Waals surface area (Å²) in [5.74, 6) is 0.280. The van der Waals surface area contributed by atoms with Crippen molar-refractivity contribution in [2.24, 2.45) is 5.73 Å². The lowest BCUT2D eigenvalue weighted by atomic mass is 9.98. The van der Waals surface area contributed by atoms with E-state index in [-0.39, 0.29) is 30.7 Å². The third-order valence-electron chi connectivity index (χ3n) is 3.30. The molecule has 1 aliphatic carbocycles. The maximum atomic E-state index is 11.9. The smallest absolute Gasteiger partial charge is 0.240 e. The molecule has 0 bridgehead atoms. The van der Waals surface area contributed by atoms with Crippen molar-refractivity contribution in [2.45, 2.75) is 31.2 Å². The second-order valence-electron chi connectivity index (χ2n) is 4.76. The molecule has 1 heterocycles. The number of carbonyl (C=O) groups is 1. The van der Waals surface area contributed by atoms with Gasteiger partial charge in [-0.05, 0) is 25.0 Å². The molecule has 8 heteroatoms. The van der Waals surface area contributed by atoms with E-state index in [2.05, 4.69) is 10.3 Å². The van der Waals surface area contributed by atoms with Gasteiger partial charge in [0.15, 0.2) is 0 Å². The average molecular weight is 357 g/mol. The first-order valence-electron chi connectivity index (χ1n) is 6.42. The molecule has 1 aliphatic rings. The van der Waals surface area contributed by atoms with Gasteiger partial charge in [0, 0.05) is 6.20 Å². The third kappa shape index (κ3) is 5.51. The quantitative estimate of drug-likeness (QED) is 0.794. The second-order valence-corrected chi connectivity index (χ2v) is 5.17. The summed E-state index contributed by atoms with van der Waals surface area (Å²) in [7, 11) is 0. The van der Waals surface area contributed by atoms with Crippen molar-refractivity contribution < 1.29 is 9.53 Å². The highest BCUT2D eigenvalue weighted by molar-refractivity contribution is 6.31. The number of halogens is 3. The Morgan fingerprint density at radius 2 is 2.10 bits per heavy atom. The van der Waals surface area contributed by atoms with Crippen molar-refractivity contribution in [1.29, 1.82) is 0 Å². The van der Waals surface area contributed by atoms with E-state index in [0.29, 0.717) is 24.1 Å². The molecule has 0 aromatic carbocycles. The van der Waals surface area contributed by atoms with Gasteiger partial charge < -0.3 is 15.8 Å². The van der Waals surface area contributed by atoms with Crippen LogP contribution in [-0.4, -0.2) is 29.6 Å². The molecule has 0 saturated heterocycles. The van der Waals surface area contributed by atoms with Gasteiger partial charge in [-0.3, -0.25) is 4.79 Å². The fourth-order valence-corrected chi connectivity index (χ4v) is 2.37. The van der Waals surface area contributed by atoms with Gasteiger partial charge in [0.25, 0.3) is 0 Å². The summed E-state index contributed by atoms with van der Waals surface area (Å²) in [6.07, 6.45) is 5.15. The lowest BCUT2D eigenvalue weighted by Crippen LogP contribution is -2.52. The Morgan fingerprint density at radius 1 is 1.43 bits per heavy atom. The number of nitrogens with two attached hydrogens (primary N) is 1. The van der Waals surface area contributed by atoms with Gasteiger partial charge in [-0.1, -0.05) is 24.4 Å². The third-order valence-corrected chi connectivity index (χ3v) is 3.59. The van der Waals surface area contributed by atoms with Gasteiger partial charge in [-0.2, -0.15) is 0 Å². The molecule has 1 fully saturated rings. The summed E-state index contributed by atoms with van der Waals surface area (Å²) in [6.45, 7) is 0.712. The van der Waals surface area contributed by atoms with E-state index in [0.717, 1.165) is 25.7 Å². The van der Waals surface area contributed by atoms with Crippen LogP contribution in [0.3, 0.4) is 0 Å². The first-order chi connectivity index (χ1) is 9.12. The van der Waals surface area contributed by atoms with E-state index in [1.165, 1.54) is 0 Å². The number of rotatable bonds is 5. The number of carbonyl (C=O) groups excluding carboxylic acids is 1. The Balaban J connectivity index is 0.00000200. The molecular weight excluding hydrogens is 337 g/mol. The molecule has 0 aliphatic heterocycles. The van der Waals surface area contributed by atoms with Gasteiger partial charge in [0.2, 0.25) is 11.8 Å². The lowest BCUT2D eigenvalue weighted by molar-refractivity contribution is -0.126. The van der Waals surface area contributed by atoms with Gasteiger partial charge >= 0.3 is 0 Å². The molecule has 0 spiro atoms. The van der Waals surface area contributed by atoms with E-state index < -0.39 is 5.54 Å². The molecule has 1 aromatic rings. The highest BCUT2D eigenvalue weighted by Crippen LogP contribution is 2.27. The zero-order valence-electron chi connectivity index (χ0n) is 11.5. The van der Waals surface area contributed by atoms with Gasteiger partial charge in [-0.25, -0.2) is 4.98 Å². The number of ether oxygens (including phenoxy) is 1. The summed E-state index contributed by atoms with van der Waals surface area (Å²) in [5, 5.41) is 3.25. The Kier molecular flexibility index (Phi) is 8.97. The van der Waals surface area contributed by atoms with Crippen LogP contribution in [-0.2, 0) is 4.79 Å². The Bertz CT molecular complexity index is 454. The average Bonchev–Trinajstić information content (AvgIpc) is 2.84. The van der Waals surface area contributed by atoms with Crippen LogP contribution in [0.2, 0.25) is 5.02 Å². The largest absolute Gasteiger partial charge is 0.475 e. The molecular formula is C13H20Cl3N3O2. The first kappa shape index (κ1) is 20.2. The van der Waals surface area contributed by atoms with Crippen LogP contribution in [0.1, 0.15) is 25.7 Å². The van der Waals surface area contributed by atoms with Crippen molar-refractivity contribution >= 4 is 42.3 Å². The second kappa shape index (κ2) is 9.30. The molecule has 2 rings (SSSR count). The van der Waals surface area contributed by atoms with Crippen molar-refractivity contribution in [1.82, 2.24) is 10.3 Å². The maximum absolute atomic E-state index is 11.9. The van der Waals surface area contributed by atoms with Crippen molar-refractivity contribution in [3.05, 3.63) is 23.4 Å². The summed E-state index contributed by atoms with van der Waals surface area (Å²) in [6, 6.07) is 3.44. The SMILES string of the molecule is Cl.Cl.NC1(C(=O)NCCOc2ncccc2Cl)CCCC1. The molecule has 120 valence electrons. The number of nitrogens with one attached hydrogen (secondary N) is 1. The molecule has 1 saturated carbocycles. The highest BCUT2D eigenvalue weighted by Gasteiger charge is 2.36. The minimum Gasteiger partial charge on any atom is -0.475 e. The molecule has 3 N–H and O–H groups in total. The number of pyridine rings is 1. The van der Waals surface area contributed by atoms with E-state index in [4.69, 9.17) is 22.1 Å². The van der Waals surface area contributed by atoms with Crippen LogP contribution in [0.4, 0.5) is 0 Å². The van der Waals surface area contributed by atoms with Crippen LogP contribution in [0, 0.1) is 0 Å². The number of amides is 1. The number of nitrogens with zero attached hydrogens (tertiary/aromatic N) is 1. The van der Waals surface area contributed by atoms with E-state index in [9.17, 15) is 4.79 Å². The topological polar surface area (TPSA) is 77.2 Å². The Morgan fingerprint density at radius 3 is 2.71 bits per heavy atom. The van der Waals surface area contributed by atoms with E-state index >= 15 is 0 Å². The van der Waals surface area contributed by atoms with E-state index in [1.807, 2.05) is 0 Å². The molecule has 0 radical (unpaired) electrons. The monoisotopic (exact) mass is 355 g/mol. The normalized spacial score (nSPS) is 15.5. The van der Waals surface area contributed by atoms with Crippen molar-refractivity contribution in [3.8, 4) is 5.88 Å². The van der Waals surface area contributed by atoms with E-state index in [1.54, 1.807) is 18.3 Å². The van der Waals surface area contributed by atoms with Crippen molar-refractivity contribution in [3.63, 3.8) is 0 Å². The minimum absolute atomic E-state index is 0. The number of hydrogen-bond donors (Lipinski definition) is 2. The van der Waals surface area contributed by atoms with Crippen LogP contribution >= 0.6 is 36.4 Å². The van der Waals surface area contributed by atoms with Crippen LogP contribution < -0.4 is 15.8 Å². The highest BCUT2D eigenvalue weighted by atomic mass is 35.5. The predicted octanol–water partition coefficient (Wildman–Crippen LogP) is 2.35. The lowest BCUT2D eigenvalue weighted by Gasteiger charge is -2.22. The van der Waals surface area contributed by atoms with Gasteiger partial charge in [0.1, 0.15) is 11.6 Å². The maximum Gasteiger partial charge on any atom is 0.240 e. The standard InChI is InChI=1S/C13H18ClN3O2.2ClH/c14-10-4-3-7-16-11(10)19-9-8-17-12(18)13(15)5-1-2-6-13;;/h3-4,7H,1-2,5-6,8-9,15H2,(H,17,18);2*1H. The van der Waals surface area contributed by atoms with Crippen LogP contribution in [0.25, 0.3) is 0 Å². The molecule has 0 unspecified atom stereocenters. The zero-order chi connectivity index (χ0) is 13.7. The van der Waals surface area contributed by atoms with Crippen molar-refractivity contribution in [2.75, 3.05) is 13.2 Å². The zero-order valence-corrected chi connectivity index (χ0v) is 13.9. The molecule has 21 heavy (non-hydrogen) atoms. The summed E-state index contributed by atoms with van der Waals surface area (Å²) >= 11 is 5.90. The molecule has 5 nitrogen and oxygen atoms in total. The fraction of sp³-hybridized carbons (Fsp3) is 0.538. The summed E-state index contributed by atoms with van der Waals surface area (Å²) in [5.41, 5.74) is 5.34. The minimum atomic E-state index is -0.692. The van der Waals surface area contributed by atoms with Crippen LogP contribution in [0.5, 0.6) is 5.88 Å². The predicted molar refractivity (Wildman–Crippen MR) is 87.6 cm³/mol. The number of hydrogen-bond acceptors (Lipinski definition) is 4. The Hall–Kier alpha value is -0.750. The summed E-state index contributed by atoms with van der Waals surface area (Å²) < 4.78 is 5.38. The molecule has 1 aromatic heterocycles. The number of aromatic nitrogens is 1. The first-order valence-corrected chi connectivity index (χ1v) is 6.80. The summed E-state index contributed by atoms with van der Waals surface area (Å²) in [4.78, 5) is 15.9. The van der Waals surface area contributed by atoms with Gasteiger partial charge in [-0.15, -0.1) is 24.8 Å². The molecule has 0 atom stereocenters.